The fourth-order valence-corrected chi connectivity index (χ4v) is 3.61. The normalized spacial score (nSPS) is 25.1. The van der Waals surface area contributed by atoms with Crippen LogP contribution >= 0.6 is 0 Å². The van der Waals surface area contributed by atoms with Crippen LogP contribution in [0.3, 0.4) is 0 Å². The lowest BCUT2D eigenvalue weighted by Gasteiger charge is -2.38. The fraction of sp³-hybridized carbons (Fsp3) is 0.684. The smallest absolute Gasteiger partial charge is 0.0233 e. The quantitative estimate of drug-likeness (QED) is 0.746. The molecule has 1 heteroatoms. The molecule has 0 N–H and O–H groups in total. The zero-order valence-corrected chi connectivity index (χ0v) is 14.1. The zero-order chi connectivity index (χ0) is 15.0. The summed E-state index contributed by atoms with van der Waals surface area (Å²) in [6.45, 7) is 18.0. The van der Waals surface area contributed by atoms with Gasteiger partial charge >= 0.3 is 0 Å². The van der Waals surface area contributed by atoms with Gasteiger partial charge in [-0.2, -0.15) is 0 Å². The van der Waals surface area contributed by atoms with Crippen molar-refractivity contribution in [3.05, 3.63) is 35.9 Å². The molecule has 0 amide bonds. The Morgan fingerprint density at radius 2 is 1.30 bits per heavy atom. The standard InChI is InChI=1S/C19H31N/c1-18(2,3)16-13-20(14-17(16)19(4,5)6)12-15-10-8-7-9-11-15/h7-11,16-17H,12-14H2,1-6H3. The SMILES string of the molecule is CC(C)(C)C1CN(Cc2ccccc2)CC1C(C)(C)C. The Hall–Kier alpha value is -0.820. The van der Waals surface area contributed by atoms with E-state index in [1.165, 1.54) is 18.7 Å². The van der Waals surface area contributed by atoms with Gasteiger partial charge in [0.25, 0.3) is 0 Å². The van der Waals surface area contributed by atoms with Gasteiger partial charge in [0.1, 0.15) is 0 Å². The topological polar surface area (TPSA) is 3.24 Å². The van der Waals surface area contributed by atoms with E-state index >= 15 is 0 Å². The summed E-state index contributed by atoms with van der Waals surface area (Å²) in [5.41, 5.74) is 2.22. The highest BCUT2D eigenvalue weighted by molar-refractivity contribution is 5.15. The third kappa shape index (κ3) is 3.63. The Labute approximate surface area is 125 Å². The molecule has 1 aromatic carbocycles. The number of hydrogen-bond acceptors (Lipinski definition) is 1. The number of nitrogens with zero attached hydrogens (tertiary/aromatic N) is 1. The molecule has 0 aromatic heterocycles. The van der Waals surface area contributed by atoms with Crippen molar-refractivity contribution in [3.8, 4) is 0 Å². The largest absolute Gasteiger partial charge is 0.298 e. The first-order chi connectivity index (χ1) is 9.18. The van der Waals surface area contributed by atoms with Crippen molar-refractivity contribution < 1.29 is 0 Å². The molecule has 2 rings (SSSR count). The van der Waals surface area contributed by atoms with E-state index in [9.17, 15) is 0 Å². The molecule has 112 valence electrons. The van der Waals surface area contributed by atoms with Crippen LogP contribution in [0.1, 0.15) is 47.1 Å². The van der Waals surface area contributed by atoms with Gasteiger partial charge in [-0.25, -0.2) is 0 Å². The Bertz CT molecular complexity index is 399. The van der Waals surface area contributed by atoms with E-state index in [1.54, 1.807) is 0 Å². The van der Waals surface area contributed by atoms with Crippen molar-refractivity contribution in [3.63, 3.8) is 0 Å². The molecule has 2 unspecified atom stereocenters. The second-order valence-electron chi connectivity index (χ2n) is 8.62. The van der Waals surface area contributed by atoms with Crippen LogP contribution in [0.25, 0.3) is 0 Å². The minimum Gasteiger partial charge on any atom is -0.298 e. The molecule has 0 spiro atoms. The molecule has 1 aliphatic rings. The summed E-state index contributed by atoms with van der Waals surface area (Å²) in [6, 6.07) is 10.9. The first-order valence-electron chi connectivity index (χ1n) is 7.94. The molecule has 0 aliphatic carbocycles. The van der Waals surface area contributed by atoms with Gasteiger partial charge in [0.15, 0.2) is 0 Å². The average Bonchev–Trinajstić information content (AvgIpc) is 2.74. The van der Waals surface area contributed by atoms with E-state index in [2.05, 4.69) is 76.8 Å². The summed E-state index contributed by atoms with van der Waals surface area (Å²) in [6.07, 6.45) is 0. The highest BCUT2D eigenvalue weighted by Gasteiger charge is 2.44. The molecule has 0 saturated carbocycles. The lowest BCUT2D eigenvalue weighted by atomic mass is 9.66. The lowest BCUT2D eigenvalue weighted by Crippen LogP contribution is -2.34. The van der Waals surface area contributed by atoms with E-state index in [-0.39, 0.29) is 0 Å². The number of likely N-dealkylation sites (tertiary alicyclic amines) is 1. The van der Waals surface area contributed by atoms with Crippen molar-refractivity contribution >= 4 is 0 Å². The maximum absolute atomic E-state index is 2.65. The van der Waals surface area contributed by atoms with Gasteiger partial charge in [0, 0.05) is 19.6 Å². The van der Waals surface area contributed by atoms with Gasteiger partial charge in [0.05, 0.1) is 0 Å². The maximum Gasteiger partial charge on any atom is 0.0233 e. The molecule has 20 heavy (non-hydrogen) atoms. The van der Waals surface area contributed by atoms with Gasteiger partial charge in [-0.05, 0) is 28.2 Å². The van der Waals surface area contributed by atoms with Gasteiger partial charge in [-0.15, -0.1) is 0 Å². The van der Waals surface area contributed by atoms with Crippen molar-refractivity contribution in [2.24, 2.45) is 22.7 Å². The summed E-state index contributed by atoms with van der Waals surface area (Å²) in [5, 5.41) is 0. The van der Waals surface area contributed by atoms with Crippen molar-refractivity contribution in [1.82, 2.24) is 4.90 Å². The summed E-state index contributed by atoms with van der Waals surface area (Å²) >= 11 is 0. The third-order valence-corrected chi connectivity index (χ3v) is 4.87. The predicted octanol–water partition coefficient (Wildman–Crippen LogP) is 4.83. The molecule has 0 bridgehead atoms. The van der Waals surface area contributed by atoms with Gasteiger partial charge < -0.3 is 0 Å². The summed E-state index contributed by atoms with van der Waals surface area (Å²) in [7, 11) is 0. The highest BCUT2D eigenvalue weighted by Crippen LogP contribution is 2.46. The molecule has 1 fully saturated rings. The first-order valence-corrected chi connectivity index (χ1v) is 7.94. The van der Waals surface area contributed by atoms with Crippen LogP contribution in [-0.4, -0.2) is 18.0 Å². The van der Waals surface area contributed by atoms with Crippen LogP contribution in [0.2, 0.25) is 0 Å². The van der Waals surface area contributed by atoms with E-state index in [4.69, 9.17) is 0 Å². The van der Waals surface area contributed by atoms with Gasteiger partial charge in [-0.1, -0.05) is 71.9 Å². The minimum atomic E-state index is 0.392. The summed E-state index contributed by atoms with van der Waals surface area (Å²) in [5.74, 6) is 1.57. The fourth-order valence-electron chi connectivity index (χ4n) is 3.61. The van der Waals surface area contributed by atoms with Gasteiger partial charge in [0.2, 0.25) is 0 Å². The summed E-state index contributed by atoms with van der Waals surface area (Å²) in [4.78, 5) is 2.65. The first kappa shape index (κ1) is 15.6. The van der Waals surface area contributed by atoms with E-state index in [0.29, 0.717) is 10.8 Å². The monoisotopic (exact) mass is 273 g/mol. The molecule has 2 atom stereocenters. The number of benzene rings is 1. The Kier molecular flexibility index (Phi) is 4.30. The van der Waals surface area contributed by atoms with E-state index < -0.39 is 0 Å². The van der Waals surface area contributed by atoms with Crippen LogP contribution in [0.5, 0.6) is 0 Å². The van der Waals surface area contributed by atoms with Crippen LogP contribution < -0.4 is 0 Å². The zero-order valence-electron chi connectivity index (χ0n) is 14.1. The maximum atomic E-state index is 2.65. The molecular weight excluding hydrogens is 242 g/mol. The molecule has 1 saturated heterocycles. The van der Waals surface area contributed by atoms with Crippen LogP contribution in [-0.2, 0) is 6.54 Å². The Morgan fingerprint density at radius 1 is 0.850 bits per heavy atom. The van der Waals surface area contributed by atoms with Crippen molar-refractivity contribution in [2.75, 3.05) is 13.1 Å². The average molecular weight is 273 g/mol. The summed E-state index contributed by atoms with van der Waals surface area (Å²) < 4.78 is 0. The Balaban J connectivity index is 2.12. The van der Waals surface area contributed by atoms with Crippen molar-refractivity contribution in [1.29, 1.82) is 0 Å². The number of hydrogen-bond donors (Lipinski definition) is 0. The molecular formula is C19H31N. The second-order valence-corrected chi connectivity index (χ2v) is 8.62. The molecule has 0 radical (unpaired) electrons. The predicted molar refractivity (Wildman–Crippen MR) is 87.6 cm³/mol. The van der Waals surface area contributed by atoms with E-state index in [1.807, 2.05) is 0 Å². The molecule has 1 heterocycles. The third-order valence-electron chi connectivity index (χ3n) is 4.87. The van der Waals surface area contributed by atoms with Crippen molar-refractivity contribution in [2.45, 2.75) is 48.1 Å². The van der Waals surface area contributed by atoms with Crippen LogP contribution in [0.4, 0.5) is 0 Å². The van der Waals surface area contributed by atoms with Crippen LogP contribution in [0, 0.1) is 22.7 Å². The molecule has 1 aromatic rings. The number of rotatable bonds is 2. The Morgan fingerprint density at radius 3 is 1.70 bits per heavy atom. The highest BCUT2D eigenvalue weighted by atomic mass is 15.2. The van der Waals surface area contributed by atoms with Gasteiger partial charge in [-0.3, -0.25) is 4.90 Å². The van der Waals surface area contributed by atoms with E-state index in [0.717, 1.165) is 18.4 Å². The second kappa shape index (κ2) is 5.52. The minimum absolute atomic E-state index is 0.392. The lowest BCUT2D eigenvalue weighted by molar-refractivity contribution is 0.115. The molecule has 1 nitrogen and oxygen atoms in total. The van der Waals surface area contributed by atoms with Crippen LogP contribution in [0.15, 0.2) is 30.3 Å². The molecule has 1 aliphatic heterocycles.